The summed E-state index contributed by atoms with van der Waals surface area (Å²) in [4.78, 5) is 22.0. The summed E-state index contributed by atoms with van der Waals surface area (Å²) in [5.41, 5.74) is -0.0507. The Morgan fingerprint density at radius 1 is 1.38 bits per heavy atom. The molecule has 116 valence electrons. The molecule has 0 aliphatic carbocycles. The second-order valence-corrected chi connectivity index (χ2v) is 4.91. The maximum absolute atomic E-state index is 11.8. The molecule has 6 nitrogen and oxygen atoms in total. The van der Waals surface area contributed by atoms with Crippen LogP contribution in [-0.2, 0) is 4.74 Å². The lowest BCUT2D eigenvalue weighted by Crippen LogP contribution is -2.25. The van der Waals surface area contributed by atoms with Crippen molar-refractivity contribution in [1.29, 1.82) is 0 Å². The summed E-state index contributed by atoms with van der Waals surface area (Å²) in [6.45, 7) is 3.87. The Labute approximate surface area is 128 Å². The van der Waals surface area contributed by atoms with Crippen LogP contribution in [0.4, 0.5) is 5.69 Å². The van der Waals surface area contributed by atoms with Crippen molar-refractivity contribution >= 4 is 23.2 Å². The molecule has 7 heteroatoms. The lowest BCUT2D eigenvalue weighted by atomic mass is 10.2. The summed E-state index contributed by atoms with van der Waals surface area (Å²) in [5, 5.41) is 13.5. The molecule has 1 aromatic rings. The Morgan fingerprint density at radius 2 is 2.10 bits per heavy atom. The van der Waals surface area contributed by atoms with Gasteiger partial charge in [-0.15, -0.1) is 0 Å². The third-order valence-electron chi connectivity index (χ3n) is 2.80. The van der Waals surface area contributed by atoms with Crippen molar-refractivity contribution in [3.8, 4) is 0 Å². The molecule has 1 amide bonds. The van der Waals surface area contributed by atoms with E-state index < -0.39 is 4.92 Å². The SMILES string of the molecule is CCCCOCCCNC(=O)c1ccc(Cl)c([N+](=O)[O-])c1. The van der Waals surface area contributed by atoms with E-state index in [0.29, 0.717) is 19.6 Å². The van der Waals surface area contributed by atoms with E-state index >= 15 is 0 Å². The first-order chi connectivity index (χ1) is 10.1. The van der Waals surface area contributed by atoms with Crippen LogP contribution < -0.4 is 5.32 Å². The van der Waals surface area contributed by atoms with Crippen LogP contribution in [0.5, 0.6) is 0 Å². The first-order valence-corrected chi connectivity index (χ1v) is 7.24. The molecule has 1 aromatic carbocycles. The van der Waals surface area contributed by atoms with Gasteiger partial charge in [-0.05, 0) is 25.0 Å². The number of halogens is 1. The second kappa shape index (κ2) is 9.31. The van der Waals surface area contributed by atoms with Gasteiger partial charge in [0.05, 0.1) is 4.92 Å². The number of nitrogens with zero attached hydrogens (tertiary/aromatic N) is 1. The smallest absolute Gasteiger partial charge is 0.288 e. The Bertz CT molecular complexity index is 494. The van der Waals surface area contributed by atoms with Crippen molar-refractivity contribution in [2.45, 2.75) is 26.2 Å². The average molecular weight is 315 g/mol. The van der Waals surface area contributed by atoms with Gasteiger partial charge in [-0.1, -0.05) is 24.9 Å². The molecule has 0 spiro atoms. The molecule has 0 radical (unpaired) electrons. The number of amides is 1. The van der Waals surface area contributed by atoms with Gasteiger partial charge in [0.25, 0.3) is 11.6 Å². The van der Waals surface area contributed by atoms with E-state index in [-0.39, 0.29) is 22.2 Å². The molecule has 0 aliphatic heterocycles. The predicted octanol–water partition coefficient (Wildman–Crippen LogP) is 3.18. The monoisotopic (exact) mass is 314 g/mol. The van der Waals surface area contributed by atoms with Crippen LogP contribution in [0, 0.1) is 10.1 Å². The number of nitro groups is 1. The third-order valence-corrected chi connectivity index (χ3v) is 3.12. The topological polar surface area (TPSA) is 81.5 Å². The van der Waals surface area contributed by atoms with E-state index in [1.807, 2.05) is 0 Å². The van der Waals surface area contributed by atoms with Gasteiger partial charge in [0.1, 0.15) is 5.02 Å². The molecule has 0 unspecified atom stereocenters. The molecule has 1 N–H and O–H groups in total. The fourth-order valence-corrected chi connectivity index (χ4v) is 1.81. The molecule has 0 heterocycles. The van der Waals surface area contributed by atoms with Gasteiger partial charge in [-0.3, -0.25) is 14.9 Å². The van der Waals surface area contributed by atoms with Gasteiger partial charge in [-0.2, -0.15) is 0 Å². The summed E-state index contributed by atoms with van der Waals surface area (Å²) in [7, 11) is 0. The Balaban J connectivity index is 2.39. The number of ether oxygens (including phenoxy) is 1. The highest BCUT2D eigenvalue weighted by Crippen LogP contribution is 2.24. The van der Waals surface area contributed by atoms with Gasteiger partial charge in [0.15, 0.2) is 0 Å². The molecular formula is C14H19ClN2O4. The predicted molar refractivity (Wildman–Crippen MR) is 80.8 cm³/mol. The minimum atomic E-state index is -0.610. The molecule has 0 bridgehead atoms. The highest BCUT2D eigenvalue weighted by Gasteiger charge is 2.15. The Morgan fingerprint density at radius 3 is 2.76 bits per heavy atom. The van der Waals surface area contributed by atoms with Crippen molar-refractivity contribution in [2.24, 2.45) is 0 Å². The van der Waals surface area contributed by atoms with E-state index in [0.717, 1.165) is 19.4 Å². The number of nitrogens with one attached hydrogen (secondary N) is 1. The zero-order chi connectivity index (χ0) is 15.7. The summed E-state index contributed by atoms with van der Waals surface area (Å²) in [6, 6.07) is 3.99. The van der Waals surface area contributed by atoms with Crippen molar-refractivity contribution in [3.63, 3.8) is 0 Å². The van der Waals surface area contributed by atoms with E-state index in [1.54, 1.807) is 0 Å². The quantitative estimate of drug-likeness (QED) is 0.431. The van der Waals surface area contributed by atoms with Crippen LogP contribution in [0.25, 0.3) is 0 Å². The van der Waals surface area contributed by atoms with Crippen LogP contribution in [0.2, 0.25) is 5.02 Å². The molecule has 0 atom stereocenters. The lowest BCUT2D eigenvalue weighted by Gasteiger charge is -2.06. The minimum Gasteiger partial charge on any atom is -0.381 e. The average Bonchev–Trinajstić information content (AvgIpc) is 2.46. The van der Waals surface area contributed by atoms with E-state index in [1.165, 1.54) is 18.2 Å². The number of hydrogen-bond donors (Lipinski definition) is 1. The zero-order valence-electron chi connectivity index (χ0n) is 11.9. The molecule has 0 aromatic heterocycles. The highest BCUT2D eigenvalue weighted by atomic mass is 35.5. The lowest BCUT2D eigenvalue weighted by molar-refractivity contribution is -0.384. The van der Waals surface area contributed by atoms with Crippen LogP contribution in [-0.4, -0.2) is 30.6 Å². The first kappa shape index (κ1) is 17.4. The molecule has 1 rings (SSSR count). The standard InChI is InChI=1S/C14H19ClN2O4/c1-2-3-8-21-9-4-7-16-14(18)11-5-6-12(15)13(10-11)17(19)20/h5-6,10H,2-4,7-9H2,1H3,(H,16,18). The van der Waals surface area contributed by atoms with Gasteiger partial charge >= 0.3 is 0 Å². The van der Waals surface area contributed by atoms with Crippen LogP contribution in [0.1, 0.15) is 36.5 Å². The van der Waals surface area contributed by atoms with Crippen LogP contribution >= 0.6 is 11.6 Å². The number of rotatable bonds is 9. The number of carbonyl (C=O) groups excluding carboxylic acids is 1. The second-order valence-electron chi connectivity index (χ2n) is 4.50. The Kier molecular flexibility index (Phi) is 7.71. The fourth-order valence-electron chi connectivity index (χ4n) is 1.62. The van der Waals surface area contributed by atoms with Crippen molar-refractivity contribution in [1.82, 2.24) is 5.32 Å². The largest absolute Gasteiger partial charge is 0.381 e. The number of hydrogen-bond acceptors (Lipinski definition) is 4. The van der Waals surface area contributed by atoms with E-state index in [4.69, 9.17) is 16.3 Å². The molecule has 0 aliphatic rings. The number of nitro benzene ring substituents is 1. The maximum Gasteiger partial charge on any atom is 0.288 e. The fraction of sp³-hybridized carbons (Fsp3) is 0.500. The number of unbranched alkanes of at least 4 members (excludes halogenated alkanes) is 1. The molecule has 0 saturated carbocycles. The van der Waals surface area contributed by atoms with Crippen LogP contribution in [0.3, 0.4) is 0 Å². The highest BCUT2D eigenvalue weighted by molar-refractivity contribution is 6.32. The van der Waals surface area contributed by atoms with Gasteiger partial charge in [-0.25, -0.2) is 0 Å². The van der Waals surface area contributed by atoms with Crippen molar-refractivity contribution in [2.75, 3.05) is 19.8 Å². The first-order valence-electron chi connectivity index (χ1n) is 6.86. The maximum atomic E-state index is 11.8. The summed E-state index contributed by atoms with van der Waals surface area (Å²) < 4.78 is 5.37. The van der Waals surface area contributed by atoms with E-state index in [2.05, 4.69) is 12.2 Å². The van der Waals surface area contributed by atoms with Crippen molar-refractivity contribution in [3.05, 3.63) is 38.9 Å². The summed E-state index contributed by atoms with van der Waals surface area (Å²) in [5.74, 6) is -0.358. The summed E-state index contributed by atoms with van der Waals surface area (Å²) >= 11 is 5.69. The van der Waals surface area contributed by atoms with Gasteiger partial charge < -0.3 is 10.1 Å². The number of benzene rings is 1. The normalized spacial score (nSPS) is 10.4. The third kappa shape index (κ3) is 6.10. The zero-order valence-corrected chi connectivity index (χ0v) is 12.7. The summed E-state index contributed by atoms with van der Waals surface area (Å²) in [6.07, 6.45) is 2.82. The van der Waals surface area contributed by atoms with Crippen molar-refractivity contribution < 1.29 is 14.5 Å². The van der Waals surface area contributed by atoms with Gasteiger partial charge in [0.2, 0.25) is 0 Å². The molecule has 0 fully saturated rings. The minimum absolute atomic E-state index is 0.0147. The molecule has 21 heavy (non-hydrogen) atoms. The molecule has 0 saturated heterocycles. The van der Waals surface area contributed by atoms with E-state index in [9.17, 15) is 14.9 Å². The number of carbonyl (C=O) groups is 1. The van der Waals surface area contributed by atoms with Gasteiger partial charge in [0, 0.05) is 31.4 Å². The molecular weight excluding hydrogens is 296 g/mol. The Hall–Kier alpha value is -1.66. The van der Waals surface area contributed by atoms with Crippen LogP contribution in [0.15, 0.2) is 18.2 Å².